The van der Waals surface area contributed by atoms with E-state index in [1.165, 1.54) is 33.4 Å². The molecule has 1 unspecified atom stereocenters. The van der Waals surface area contributed by atoms with Crippen molar-refractivity contribution in [3.63, 3.8) is 0 Å². The van der Waals surface area contributed by atoms with Crippen molar-refractivity contribution in [1.82, 2.24) is 0 Å². The van der Waals surface area contributed by atoms with E-state index in [1.807, 2.05) is 11.3 Å². The second-order valence-corrected chi connectivity index (χ2v) is 5.07. The maximum atomic E-state index is 6.16. The number of hydrogen-bond acceptors (Lipinski definition) is 2. The molecule has 1 nitrogen and oxygen atoms in total. The lowest BCUT2D eigenvalue weighted by Gasteiger charge is -2.18. The normalized spacial score (nSPS) is 21.1. The Morgan fingerprint density at radius 2 is 2.14 bits per heavy atom. The molecule has 3 rings (SSSR count). The van der Waals surface area contributed by atoms with Crippen molar-refractivity contribution < 1.29 is 0 Å². The van der Waals surface area contributed by atoms with Crippen molar-refractivity contribution in [3.8, 4) is 0 Å². The van der Waals surface area contributed by atoms with Crippen LogP contribution in [0.1, 0.15) is 29.3 Å². The maximum Gasteiger partial charge on any atom is 0.0349 e. The average molecular weight is 203 g/mol. The van der Waals surface area contributed by atoms with Gasteiger partial charge in [0.05, 0.1) is 0 Å². The zero-order valence-electron chi connectivity index (χ0n) is 7.99. The molecule has 1 aliphatic carbocycles. The summed E-state index contributed by atoms with van der Waals surface area (Å²) in [6, 6.07) is 8.89. The Labute approximate surface area is 87.5 Å². The third-order valence-electron chi connectivity index (χ3n) is 3.00. The molecule has 0 spiro atoms. The van der Waals surface area contributed by atoms with Gasteiger partial charge in [0.2, 0.25) is 0 Å². The Balaban J connectivity index is 2.34. The van der Waals surface area contributed by atoms with Gasteiger partial charge in [0.15, 0.2) is 0 Å². The van der Waals surface area contributed by atoms with E-state index < -0.39 is 0 Å². The Kier molecular flexibility index (Phi) is 1.85. The van der Waals surface area contributed by atoms with Crippen LogP contribution in [0.25, 0.3) is 10.1 Å². The van der Waals surface area contributed by atoms with E-state index in [4.69, 9.17) is 5.73 Å². The predicted molar refractivity (Wildman–Crippen MR) is 61.7 cm³/mol. The van der Waals surface area contributed by atoms with Crippen LogP contribution in [0.15, 0.2) is 24.3 Å². The monoisotopic (exact) mass is 203 g/mol. The molecule has 1 heterocycles. The van der Waals surface area contributed by atoms with E-state index in [9.17, 15) is 0 Å². The van der Waals surface area contributed by atoms with Gasteiger partial charge < -0.3 is 5.73 Å². The molecule has 0 saturated carbocycles. The molecular weight excluding hydrogens is 190 g/mol. The van der Waals surface area contributed by atoms with Crippen LogP contribution in [0.4, 0.5) is 0 Å². The summed E-state index contributed by atoms with van der Waals surface area (Å²) in [6.07, 6.45) is 3.62. The van der Waals surface area contributed by atoms with Crippen LogP contribution in [-0.2, 0) is 6.42 Å². The maximum absolute atomic E-state index is 6.16. The lowest BCUT2D eigenvalue weighted by atomic mass is 9.92. The van der Waals surface area contributed by atoms with Crippen molar-refractivity contribution in [1.29, 1.82) is 0 Å². The van der Waals surface area contributed by atoms with Gasteiger partial charge in [-0.3, -0.25) is 0 Å². The first-order chi connectivity index (χ1) is 6.86. The van der Waals surface area contributed by atoms with Crippen molar-refractivity contribution >= 4 is 21.4 Å². The van der Waals surface area contributed by atoms with Crippen molar-refractivity contribution in [3.05, 3.63) is 34.7 Å². The van der Waals surface area contributed by atoms with Gasteiger partial charge >= 0.3 is 0 Å². The summed E-state index contributed by atoms with van der Waals surface area (Å²) in [7, 11) is 0. The SMILES string of the molecule is NC1CCCc2sc3ccccc3c21. The molecule has 1 atom stereocenters. The summed E-state index contributed by atoms with van der Waals surface area (Å²) in [5, 5.41) is 1.39. The van der Waals surface area contributed by atoms with Crippen molar-refractivity contribution in [2.75, 3.05) is 0 Å². The molecule has 0 amide bonds. The van der Waals surface area contributed by atoms with Gasteiger partial charge in [0, 0.05) is 15.6 Å². The third kappa shape index (κ3) is 1.11. The van der Waals surface area contributed by atoms with Crippen molar-refractivity contribution in [2.24, 2.45) is 5.73 Å². The van der Waals surface area contributed by atoms with Gasteiger partial charge in [-0.2, -0.15) is 0 Å². The van der Waals surface area contributed by atoms with E-state index in [-0.39, 0.29) is 6.04 Å². The minimum atomic E-state index is 0.273. The highest BCUT2D eigenvalue weighted by Crippen LogP contribution is 2.39. The lowest BCUT2D eigenvalue weighted by molar-refractivity contribution is 0.581. The van der Waals surface area contributed by atoms with Crippen LogP contribution in [-0.4, -0.2) is 0 Å². The topological polar surface area (TPSA) is 26.0 Å². The fraction of sp³-hybridized carbons (Fsp3) is 0.333. The minimum absolute atomic E-state index is 0.273. The second-order valence-electron chi connectivity index (χ2n) is 3.93. The molecule has 0 fully saturated rings. The summed E-state index contributed by atoms with van der Waals surface area (Å²) in [4.78, 5) is 1.52. The van der Waals surface area contributed by atoms with Gasteiger partial charge in [-0.15, -0.1) is 11.3 Å². The summed E-state index contributed by atoms with van der Waals surface area (Å²) in [5.41, 5.74) is 7.59. The first kappa shape index (κ1) is 8.45. The van der Waals surface area contributed by atoms with Crippen LogP contribution < -0.4 is 5.73 Å². The number of fused-ring (bicyclic) bond motifs is 3. The highest BCUT2D eigenvalue weighted by molar-refractivity contribution is 7.19. The lowest BCUT2D eigenvalue weighted by Crippen LogP contribution is -2.15. The molecule has 0 aliphatic heterocycles. The van der Waals surface area contributed by atoms with Crippen molar-refractivity contribution in [2.45, 2.75) is 25.3 Å². The van der Waals surface area contributed by atoms with Gasteiger partial charge in [-0.25, -0.2) is 0 Å². The van der Waals surface area contributed by atoms with Crippen LogP contribution >= 0.6 is 11.3 Å². The van der Waals surface area contributed by atoms with Gasteiger partial charge in [0.25, 0.3) is 0 Å². The van der Waals surface area contributed by atoms with E-state index in [1.54, 1.807) is 0 Å². The molecule has 1 aromatic carbocycles. The molecule has 2 heteroatoms. The summed E-state index contributed by atoms with van der Waals surface area (Å²) >= 11 is 1.92. The molecule has 0 radical (unpaired) electrons. The zero-order chi connectivity index (χ0) is 9.54. The summed E-state index contributed by atoms with van der Waals surface area (Å²) in [5.74, 6) is 0. The molecule has 1 aliphatic rings. The Morgan fingerprint density at radius 1 is 1.29 bits per heavy atom. The highest BCUT2D eigenvalue weighted by atomic mass is 32.1. The van der Waals surface area contributed by atoms with Crippen LogP contribution in [0, 0.1) is 0 Å². The summed E-state index contributed by atoms with van der Waals surface area (Å²) < 4.78 is 1.40. The van der Waals surface area contributed by atoms with Gasteiger partial charge in [0.1, 0.15) is 0 Å². The molecule has 0 saturated heterocycles. The molecule has 2 N–H and O–H groups in total. The molecule has 14 heavy (non-hydrogen) atoms. The third-order valence-corrected chi connectivity index (χ3v) is 4.25. The summed E-state index contributed by atoms with van der Waals surface area (Å²) in [6.45, 7) is 0. The highest BCUT2D eigenvalue weighted by Gasteiger charge is 2.21. The fourth-order valence-corrected chi connectivity index (χ4v) is 3.65. The fourth-order valence-electron chi connectivity index (χ4n) is 2.34. The van der Waals surface area contributed by atoms with E-state index >= 15 is 0 Å². The number of nitrogens with two attached hydrogens (primary N) is 1. The Bertz CT molecular complexity index is 472. The molecule has 72 valence electrons. The first-order valence-corrected chi connectivity index (χ1v) is 5.94. The van der Waals surface area contributed by atoms with Gasteiger partial charge in [-0.05, 0) is 36.3 Å². The number of hydrogen-bond donors (Lipinski definition) is 1. The number of aryl methyl sites for hydroxylation is 1. The largest absolute Gasteiger partial charge is 0.324 e. The van der Waals surface area contributed by atoms with Crippen LogP contribution in [0.5, 0.6) is 0 Å². The van der Waals surface area contributed by atoms with E-state index in [0.29, 0.717) is 0 Å². The Morgan fingerprint density at radius 3 is 3.07 bits per heavy atom. The number of benzene rings is 1. The standard InChI is InChI=1S/C12H13NS/c13-9-5-3-7-11-12(9)8-4-1-2-6-10(8)14-11/h1-2,4,6,9H,3,5,7,13H2. The van der Waals surface area contributed by atoms with E-state index in [0.717, 1.165) is 6.42 Å². The smallest absolute Gasteiger partial charge is 0.0349 e. The second kappa shape index (κ2) is 3.07. The predicted octanol–water partition coefficient (Wildman–Crippen LogP) is 3.24. The molecule has 0 bridgehead atoms. The molecular formula is C12H13NS. The molecule has 2 aromatic rings. The first-order valence-electron chi connectivity index (χ1n) is 5.12. The van der Waals surface area contributed by atoms with Crippen LogP contribution in [0.3, 0.4) is 0 Å². The molecule has 1 aromatic heterocycles. The quantitative estimate of drug-likeness (QED) is 0.699. The van der Waals surface area contributed by atoms with Gasteiger partial charge in [-0.1, -0.05) is 18.2 Å². The van der Waals surface area contributed by atoms with Crippen LogP contribution in [0.2, 0.25) is 0 Å². The average Bonchev–Trinajstić information content (AvgIpc) is 2.57. The number of rotatable bonds is 0. The zero-order valence-corrected chi connectivity index (χ0v) is 8.81. The number of thiophene rings is 1. The Hall–Kier alpha value is -0.860. The van der Waals surface area contributed by atoms with E-state index in [2.05, 4.69) is 24.3 Å². The minimum Gasteiger partial charge on any atom is -0.324 e.